The summed E-state index contributed by atoms with van der Waals surface area (Å²) in [5.74, 6) is 2.11. The molecular weight excluding hydrogens is 262 g/mol. The van der Waals surface area contributed by atoms with Gasteiger partial charge in [0.25, 0.3) is 0 Å². The molecule has 0 aliphatic carbocycles. The van der Waals surface area contributed by atoms with Crippen molar-refractivity contribution in [2.75, 3.05) is 12.8 Å². The summed E-state index contributed by atoms with van der Waals surface area (Å²) in [6, 6.07) is 8.51. The third-order valence-electron chi connectivity index (χ3n) is 3.52. The zero-order chi connectivity index (χ0) is 15.6. The van der Waals surface area contributed by atoms with Gasteiger partial charge in [-0.15, -0.1) is 0 Å². The molecule has 0 saturated carbocycles. The van der Waals surface area contributed by atoms with Crippen molar-refractivity contribution in [3.8, 4) is 11.3 Å². The molecule has 0 aliphatic rings. The number of anilines is 1. The van der Waals surface area contributed by atoms with E-state index in [-0.39, 0.29) is 0 Å². The predicted octanol–water partition coefficient (Wildman–Crippen LogP) is 3.98. The number of nitrogens with zero attached hydrogens (tertiary/aromatic N) is 2. The molecule has 21 heavy (non-hydrogen) atoms. The van der Waals surface area contributed by atoms with E-state index in [4.69, 9.17) is 15.5 Å². The van der Waals surface area contributed by atoms with Crippen molar-refractivity contribution in [3.63, 3.8) is 0 Å². The Labute approximate surface area is 127 Å². The molecule has 0 atom stereocenters. The molecule has 1 aromatic carbocycles. The number of ether oxygens (including phenoxy) is 1. The lowest BCUT2D eigenvalue weighted by Gasteiger charge is -2.15. The summed E-state index contributed by atoms with van der Waals surface area (Å²) >= 11 is 0. The van der Waals surface area contributed by atoms with Crippen LogP contribution >= 0.6 is 0 Å². The molecule has 0 fully saturated rings. The third kappa shape index (κ3) is 3.10. The van der Waals surface area contributed by atoms with Gasteiger partial charge in [-0.2, -0.15) is 0 Å². The topological polar surface area (TPSA) is 53.1 Å². The molecule has 2 aromatic rings. The molecular formula is C17H25N3O. The molecule has 0 radical (unpaired) electrons. The van der Waals surface area contributed by atoms with Gasteiger partial charge in [0.05, 0.1) is 6.61 Å². The monoisotopic (exact) mass is 287 g/mol. The minimum absolute atomic E-state index is 0.297. The Morgan fingerprint density at radius 1 is 1.24 bits per heavy atom. The first-order chi connectivity index (χ1) is 9.95. The number of nitrogen functional groups attached to an aromatic ring is 1. The summed E-state index contributed by atoms with van der Waals surface area (Å²) < 4.78 is 7.33. The van der Waals surface area contributed by atoms with Crippen molar-refractivity contribution in [1.82, 2.24) is 9.55 Å². The maximum Gasteiger partial charge on any atom is 0.131 e. The first-order valence-electron chi connectivity index (χ1n) is 7.41. The summed E-state index contributed by atoms with van der Waals surface area (Å²) in [7, 11) is 1.70. The van der Waals surface area contributed by atoms with Gasteiger partial charge in [0.1, 0.15) is 17.3 Å². The Morgan fingerprint density at radius 2 is 1.95 bits per heavy atom. The average molecular weight is 287 g/mol. The van der Waals surface area contributed by atoms with Crippen LogP contribution in [0.5, 0.6) is 0 Å². The van der Waals surface area contributed by atoms with Crippen LogP contribution in [0.25, 0.3) is 11.3 Å². The number of nitrogens with two attached hydrogens (primary N) is 1. The SMILES string of the molecule is COCc1cccc(-c2nc(C(C)C)n(C(C)C)c2N)c1. The van der Waals surface area contributed by atoms with Gasteiger partial charge in [-0.1, -0.05) is 32.0 Å². The van der Waals surface area contributed by atoms with E-state index in [1.807, 2.05) is 18.2 Å². The summed E-state index contributed by atoms with van der Waals surface area (Å²) in [5.41, 5.74) is 9.40. The average Bonchev–Trinajstić information content (AvgIpc) is 2.77. The first-order valence-corrected chi connectivity index (χ1v) is 7.41. The lowest BCUT2D eigenvalue weighted by atomic mass is 10.1. The van der Waals surface area contributed by atoms with Crippen LogP contribution in [0.3, 0.4) is 0 Å². The van der Waals surface area contributed by atoms with Crippen LogP contribution in [0.1, 0.15) is 51.0 Å². The highest BCUT2D eigenvalue weighted by Gasteiger charge is 2.20. The van der Waals surface area contributed by atoms with Gasteiger partial charge in [0, 0.05) is 24.6 Å². The highest BCUT2D eigenvalue weighted by Crippen LogP contribution is 2.32. The summed E-state index contributed by atoms with van der Waals surface area (Å²) in [4.78, 5) is 4.80. The molecule has 1 aromatic heterocycles. The maximum absolute atomic E-state index is 6.37. The van der Waals surface area contributed by atoms with Crippen molar-refractivity contribution >= 4 is 5.82 Å². The molecule has 4 heteroatoms. The molecule has 114 valence electrons. The highest BCUT2D eigenvalue weighted by atomic mass is 16.5. The highest BCUT2D eigenvalue weighted by molar-refractivity contribution is 5.71. The Hall–Kier alpha value is -1.81. The minimum atomic E-state index is 0.297. The summed E-state index contributed by atoms with van der Waals surface area (Å²) in [6.07, 6.45) is 0. The van der Waals surface area contributed by atoms with Crippen LogP contribution in [0.2, 0.25) is 0 Å². The first kappa shape index (κ1) is 15.6. The second-order valence-corrected chi connectivity index (χ2v) is 5.96. The molecule has 4 nitrogen and oxygen atoms in total. The Balaban J connectivity index is 2.54. The molecule has 1 heterocycles. The van der Waals surface area contributed by atoms with Gasteiger partial charge >= 0.3 is 0 Å². The van der Waals surface area contributed by atoms with Crippen molar-refractivity contribution < 1.29 is 4.74 Å². The lowest BCUT2D eigenvalue weighted by molar-refractivity contribution is 0.185. The molecule has 0 saturated heterocycles. The number of hydrogen-bond acceptors (Lipinski definition) is 3. The molecule has 0 aliphatic heterocycles. The molecule has 0 spiro atoms. The number of aromatic nitrogens is 2. The second kappa shape index (κ2) is 6.31. The summed E-state index contributed by atoms with van der Waals surface area (Å²) in [6.45, 7) is 9.15. The fourth-order valence-electron chi connectivity index (χ4n) is 2.60. The summed E-state index contributed by atoms with van der Waals surface area (Å²) in [5, 5.41) is 0. The van der Waals surface area contributed by atoms with E-state index < -0.39 is 0 Å². The zero-order valence-electron chi connectivity index (χ0n) is 13.6. The van der Waals surface area contributed by atoms with E-state index in [2.05, 4.69) is 38.3 Å². The fraction of sp³-hybridized carbons (Fsp3) is 0.471. The number of rotatable bonds is 5. The van der Waals surface area contributed by atoms with E-state index in [9.17, 15) is 0 Å². The molecule has 2 N–H and O–H groups in total. The molecule has 0 bridgehead atoms. The van der Waals surface area contributed by atoms with Crippen LogP contribution in [0.4, 0.5) is 5.82 Å². The zero-order valence-corrected chi connectivity index (χ0v) is 13.6. The Kier molecular flexibility index (Phi) is 4.68. The van der Waals surface area contributed by atoms with E-state index >= 15 is 0 Å². The normalized spacial score (nSPS) is 11.6. The number of methoxy groups -OCH3 is 1. The van der Waals surface area contributed by atoms with Gasteiger partial charge in [-0.25, -0.2) is 4.98 Å². The number of imidazole rings is 1. The van der Waals surface area contributed by atoms with Crippen molar-refractivity contribution in [2.24, 2.45) is 0 Å². The van der Waals surface area contributed by atoms with Gasteiger partial charge in [-0.05, 0) is 25.5 Å². The predicted molar refractivity (Wildman–Crippen MR) is 87.3 cm³/mol. The van der Waals surface area contributed by atoms with Crippen molar-refractivity contribution in [3.05, 3.63) is 35.7 Å². The smallest absolute Gasteiger partial charge is 0.131 e. The van der Waals surface area contributed by atoms with E-state index in [0.717, 1.165) is 28.5 Å². The third-order valence-corrected chi connectivity index (χ3v) is 3.52. The van der Waals surface area contributed by atoms with Crippen LogP contribution in [-0.4, -0.2) is 16.7 Å². The molecule has 0 unspecified atom stereocenters. The molecule has 2 rings (SSSR count). The van der Waals surface area contributed by atoms with Gasteiger partial charge in [0.15, 0.2) is 0 Å². The van der Waals surface area contributed by atoms with E-state index in [0.29, 0.717) is 18.6 Å². The van der Waals surface area contributed by atoms with E-state index in [1.165, 1.54) is 0 Å². The minimum Gasteiger partial charge on any atom is -0.383 e. The van der Waals surface area contributed by atoms with Gasteiger partial charge < -0.3 is 15.0 Å². The van der Waals surface area contributed by atoms with Gasteiger partial charge in [0.2, 0.25) is 0 Å². The lowest BCUT2D eigenvalue weighted by Crippen LogP contribution is -2.10. The Morgan fingerprint density at radius 3 is 2.48 bits per heavy atom. The van der Waals surface area contributed by atoms with Crippen LogP contribution in [0, 0.1) is 0 Å². The Bertz CT molecular complexity index is 614. The maximum atomic E-state index is 6.37. The number of hydrogen-bond donors (Lipinski definition) is 1. The number of benzene rings is 1. The molecule has 0 amide bonds. The quantitative estimate of drug-likeness (QED) is 0.905. The fourth-order valence-corrected chi connectivity index (χ4v) is 2.60. The van der Waals surface area contributed by atoms with Crippen molar-refractivity contribution in [2.45, 2.75) is 46.3 Å². The second-order valence-electron chi connectivity index (χ2n) is 5.96. The van der Waals surface area contributed by atoms with Crippen molar-refractivity contribution in [1.29, 1.82) is 0 Å². The largest absolute Gasteiger partial charge is 0.383 e. The van der Waals surface area contributed by atoms with Crippen LogP contribution in [-0.2, 0) is 11.3 Å². The van der Waals surface area contributed by atoms with Crippen LogP contribution in [0.15, 0.2) is 24.3 Å². The van der Waals surface area contributed by atoms with Gasteiger partial charge in [-0.3, -0.25) is 0 Å². The van der Waals surface area contributed by atoms with E-state index in [1.54, 1.807) is 7.11 Å². The van der Waals surface area contributed by atoms with Crippen LogP contribution < -0.4 is 5.73 Å². The standard InChI is InChI=1S/C17H25N3O/c1-11(2)17-19-15(16(18)20(17)12(3)4)14-8-6-7-13(9-14)10-21-5/h6-9,11-12H,10,18H2,1-5H3.